The molecule has 0 aliphatic heterocycles. The van der Waals surface area contributed by atoms with E-state index in [9.17, 15) is 0 Å². The number of hydrogen-bond donors (Lipinski definition) is 1. The molecule has 3 aromatic rings. The van der Waals surface area contributed by atoms with Crippen LogP contribution in [0.3, 0.4) is 0 Å². The van der Waals surface area contributed by atoms with Gasteiger partial charge in [-0.15, -0.1) is 10.2 Å². The summed E-state index contributed by atoms with van der Waals surface area (Å²) in [5.74, 6) is 0.636. The minimum absolute atomic E-state index is 0.636. The molecule has 0 aromatic carbocycles. The van der Waals surface area contributed by atoms with Crippen molar-refractivity contribution in [2.75, 3.05) is 11.9 Å². The lowest BCUT2D eigenvalue weighted by atomic mass is 10.4. The minimum atomic E-state index is 0.636. The molecule has 7 nitrogen and oxygen atoms in total. The molecule has 0 aliphatic carbocycles. The highest BCUT2D eigenvalue weighted by atomic mass is 79.9. The first-order valence-electron chi connectivity index (χ1n) is 5.91. The number of aromatic nitrogens is 6. The van der Waals surface area contributed by atoms with E-state index in [2.05, 4.69) is 41.6 Å². The van der Waals surface area contributed by atoms with E-state index >= 15 is 0 Å². The van der Waals surface area contributed by atoms with E-state index in [1.54, 1.807) is 15.4 Å². The molecular weight excluding hydrogens is 310 g/mol. The molecule has 0 aliphatic rings. The monoisotopic (exact) mass is 321 g/mol. The van der Waals surface area contributed by atoms with Crippen LogP contribution >= 0.6 is 15.9 Å². The van der Waals surface area contributed by atoms with Gasteiger partial charge in [-0.2, -0.15) is 4.98 Å². The van der Waals surface area contributed by atoms with Crippen LogP contribution in [0, 0.1) is 0 Å². The summed E-state index contributed by atoms with van der Waals surface area (Å²) in [7, 11) is 0. The fraction of sp³-hybridized carbons (Fsp3) is 0.273. The fourth-order valence-corrected chi connectivity index (χ4v) is 2.05. The van der Waals surface area contributed by atoms with Crippen molar-refractivity contribution in [1.82, 2.24) is 29.6 Å². The van der Waals surface area contributed by atoms with Gasteiger partial charge in [0.05, 0.1) is 6.20 Å². The lowest BCUT2D eigenvalue weighted by Gasteiger charge is -2.01. The number of fused-ring (bicyclic) bond motifs is 1. The molecule has 0 bridgehead atoms. The Morgan fingerprint density at radius 2 is 2.26 bits per heavy atom. The van der Waals surface area contributed by atoms with Gasteiger partial charge >= 0.3 is 0 Å². The van der Waals surface area contributed by atoms with Crippen molar-refractivity contribution in [1.29, 1.82) is 0 Å². The molecule has 3 rings (SSSR count). The second-order valence-corrected chi connectivity index (χ2v) is 4.95. The molecule has 19 heavy (non-hydrogen) atoms. The quantitative estimate of drug-likeness (QED) is 0.722. The fourth-order valence-electron chi connectivity index (χ4n) is 1.73. The van der Waals surface area contributed by atoms with Crippen LogP contribution in [0.1, 0.15) is 6.42 Å². The first-order chi connectivity index (χ1) is 9.31. The molecule has 3 aromatic heterocycles. The number of hydrogen-bond acceptors (Lipinski definition) is 5. The molecule has 3 heterocycles. The summed E-state index contributed by atoms with van der Waals surface area (Å²) in [6.45, 7) is 1.61. The third-order valence-electron chi connectivity index (χ3n) is 2.61. The zero-order chi connectivity index (χ0) is 13.1. The molecule has 0 unspecified atom stereocenters. The van der Waals surface area contributed by atoms with Gasteiger partial charge in [0, 0.05) is 30.0 Å². The van der Waals surface area contributed by atoms with Gasteiger partial charge < -0.3 is 5.32 Å². The van der Waals surface area contributed by atoms with Crippen molar-refractivity contribution in [2.24, 2.45) is 0 Å². The smallest absolute Gasteiger partial charge is 0.243 e. The number of aryl methyl sites for hydroxylation is 1. The molecule has 0 saturated carbocycles. The molecule has 0 fully saturated rings. The zero-order valence-corrected chi connectivity index (χ0v) is 11.7. The zero-order valence-electron chi connectivity index (χ0n) is 10.1. The van der Waals surface area contributed by atoms with E-state index in [0.717, 1.165) is 29.6 Å². The van der Waals surface area contributed by atoms with Crippen molar-refractivity contribution in [3.63, 3.8) is 0 Å². The van der Waals surface area contributed by atoms with Crippen molar-refractivity contribution in [3.8, 4) is 0 Å². The van der Waals surface area contributed by atoms with E-state index in [4.69, 9.17) is 0 Å². The summed E-state index contributed by atoms with van der Waals surface area (Å²) in [6, 6.07) is 3.86. The summed E-state index contributed by atoms with van der Waals surface area (Å²) < 4.78 is 4.52. The molecule has 0 atom stereocenters. The van der Waals surface area contributed by atoms with Gasteiger partial charge in [-0.25, -0.2) is 4.52 Å². The van der Waals surface area contributed by atoms with E-state index in [-0.39, 0.29) is 0 Å². The predicted molar refractivity (Wildman–Crippen MR) is 73.8 cm³/mol. The molecule has 1 N–H and O–H groups in total. The van der Waals surface area contributed by atoms with Gasteiger partial charge in [0.2, 0.25) is 5.95 Å². The molecule has 0 saturated heterocycles. The molecule has 0 amide bonds. The number of nitrogens with one attached hydrogen (secondary N) is 1. The maximum atomic E-state index is 4.37. The van der Waals surface area contributed by atoms with Crippen LogP contribution < -0.4 is 5.32 Å². The van der Waals surface area contributed by atoms with Gasteiger partial charge in [-0.1, -0.05) is 5.21 Å². The lowest BCUT2D eigenvalue weighted by Crippen LogP contribution is -2.08. The first kappa shape index (κ1) is 12.1. The Hall–Kier alpha value is -1.96. The highest BCUT2D eigenvalue weighted by Gasteiger charge is 2.02. The lowest BCUT2D eigenvalue weighted by molar-refractivity contribution is 0.569. The largest absolute Gasteiger partial charge is 0.353 e. The van der Waals surface area contributed by atoms with Crippen LogP contribution in [0.15, 0.2) is 35.2 Å². The predicted octanol–water partition coefficient (Wildman–Crippen LogP) is 1.59. The van der Waals surface area contributed by atoms with Crippen LogP contribution in [0.2, 0.25) is 0 Å². The minimum Gasteiger partial charge on any atom is -0.353 e. The highest BCUT2D eigenvalue weighted by molar-refractivity contribution is 9.10. The summed E-state index contributed by atoms with van der Waals surface area (Å²) in [5.41, 5.74) is 0.821. The highest BCUT2D eigenvalue weighted by Crippen LogP contribution is 2.12. The van der Waals surface area contributed by atoms with Gasteiger partial charge in [-0.05, 0) is 34.5 Å². The summed E-state index contributed by atoms with van der Waals surface area (Å²) >= 11 is 3.40. The van der Waals surface area contributed by atoms with Gasteiger partial charge in [0.15, 0.2) is 5.65 Å². The average Bonchev–Trinajstić information content (AvgIpc) is 3.02. The van der Waals surface area contributed by atoms with E-state index in [0.29, 0.717) is 5.95 Å². The Morgan fingerprint density at radius 3 is 3.11 bits per heavy atom. The number of rotatable bonds is 5. The number of pyridine rings is 1. The summed E-state index contributed by atoms with van der Waals surface area (Å²) in [5, 5.41) is 15.2. The maximum absolute atomic E-state index is 4.37. The van der Waals surface area contributed by atoms with Crippen molar-refractivity contribution in [3.05, 3.63) is 35.2 Å². The Labute approximate surface area is 117 Å². The Morgan fingerprint density at radius 1 is 1.32 bits per heavy atom. The Kier molecular flexibility index (Phi) is 3.41. The second kappa shape index (κ2) is 5.35. The molecular formula is C11H12BrN7. The van der Waals surface area contributed by atoms with Gasteiger partial charge in [-0.3, -0.25) is 4.68 Å². The number of nitrogens with zero attached hydrogens (tertiary/aromatic N) is 6. The molecule has 8 heteroatoms. The Bertz CT molecular complexity index is 661. The van der Waals surface area contributed by atoms with Crippen LogP contribution in [-0.2, 0) is 6.54 Å². The van der Waals surface area contributed by atoms with Crippen LogP contribution in [-0.4, -0.2) is 36.1 Å². The van der Waals surface area contributed by atoms with Crippen LogP contribution in [0.5, 0.6) is 0 Å². The molecule has 0 radical (unpaired) electrons. The van der Waals surface area contributed by atoms with Crippen molar-refractivity contribution < 1.29 is 0 Å². The topological polar surface area (TPSA) is 72.9 Å². The van der Waals surface area contributed by atoms with Crippen LogP contribution in [0.25, 0.3) is 5.65 Å². The van der Waals surface area contributed by atoms with Gasteiger partial charge in [0.1, 0.15) is 0 Å². The number of anilines is 1. The van der Waals surface area contributed by atoms with Crippen molar-refractivity contribution in [2.45, 2.75) is 13.0 Å². The third-order valence-corrected chi connectivity index (χ3v) is 3.08. The first-order valence-corrected chi connectivity index (χ1v) is 6.70. The molecule has 0 spiro atoms. The van der Waals surface area contributed by atoms with E-state index in [1.807, 2.05) is 24.5 Å². The molecule has 98 valence electrons. The standard InChI is InChI=1S/C11H12BrN7/c12-9-2-3-10-15-11(16-19(10)8-9)13-4-1-6-18-7-5-14-17-18/h2-3,5,7-8H,1,4,6H2,(H,13,16). The van der Waals surface area contributed by atoms with Gasteiger partial charge in [0.25, 0.3) is 0 Å². The number of halogens is 1. The third kappa shape index (κ3) is 2.90. The Balaban J connectivity index is 1.56. The average molecular weight is 322 g/mol. The van der Waals surface area contributed by atoms with Crippen molar-refractivity contribution >= 4 is 27.5 Å². The summed E-state index contributed by atoms with van der Waals surface area (Å²) in [4.78, 5) is 4.37. The van der Waals surface area contributed by atoms with Crippen LogP contribution in [0.4, 0.5) is 5.95 Å². The maximum Gasteiger partial charge on any atom is 0.243 e. The SMILES string of the molecule is Brc1ccc2nc(NCCCn3ccnn3)nn2c1. The van der Waals surface area contributed by atoms with E-state index in [1.165, 1.54) is 0 Å². The summed E-state index contributed by atoms with van der Waals surface area (Å²) in [6.07, 6.45) is 6.33. The second-order valence-electron chi connectivity index (χ2n) is 4.03. The normalized spacial score (nSPS) is 11.0. The van der Waals surface area contributed by atoms with E-state index < -0.39 is 0 Å².